The Bertz CT molecular complexity index is 1040. The predicted octanol–water partition coefficient (Wildman–Crippen LogP) is 3.24. The first-order chi connectivity index (χ1) is 15.7. The number of amides is 2. The van der Waals surface area contributed by atoms with Crippen molar-refractivity contribution in [3.63, 3.8) is 0 Å². The maximum absolute atomic E-state index is 12.9. The Balaban J connectivity index is 1.16. The first kappa shape index (κ1) is 19.8. The van der Waals surface area contributed by atoms with Gasteiger partial charge < -0.3 is 15.0 Å². The van der Waals surface area contributed by atoms with Crippen molar-refractivity contribution in [2.75, 3.05) is 6.54 Å². The lowest BCUT2D eigenvalue weighted by Gasteiger charge is -2.30. The highest BCUT2D eigenvalue weighted by molar-refractivity contribution is 6.01. The standard InChI is InChI=1S/C26H29N3O3/c30-25-23(8-4-12-27-25)29-16-19-13-20(10-11-21(19)26(29)31)32-24-9-3-7-22(24)28-14-17-5-1-2-6-18(17)15-28/h1-2,5-6,10-11,13,22-24H,3-4,7-9,12,14-16H2,(H,27,30). The van der Waals surface area contributed by atoms with Gasteiger partial charge in [-0.2, -0.15) is 0 Å². The quantitative estimate of drug-likeness (QED) is 0.808. The summed E-state index contributed by atoms with van der Waals surface area (Å²) in [5.74, 6) is 0.761. The summed E-state index contributed by atoms with van der Waals surface area (Å²) in [4.78, 5) is 29.5. The number of nitrogens with zero attached hydrogens (tertiary/aromatic N) is 2. The van der Waals surface area contributed by atoms with Gasteiger partial charge in [0.2, 0.25) is 5.91 Å². The van der Waals surface area contributed by atoms with E-state index < -0.39 is 0 Å². The van der Waals surface area contributed by atoms with E-state index >= 15 is 0 Å². The minimum Gasteiger partial charge on any atom is -0.489 e. The van der Waals surface area contributed by atoms with E-state index in [0.29, 0.717) is 24.7 Å². The van der Waals surface area contributed by atoms with Crippen LogP contribution in [-0.2, 0) is 24.4 Å². The van der Waals surface area contributed by atoms with Crippen molar-refractivity contribution in [2.45, 2.75) is 69.9 Å². The van der Waals surface area contributed by atoms with Crippen molar-refractivity contribution in [3.8, 4) is 5.75 Å². The molecule has 2 aromatic rings. The topological polar surface area (TPSA) is 61.9 Å². The Labute approximate surface area is 188 Å². The van der Waals surface area contributed by atoms with Gasteiger partial charge in [0.15, 0.2) is 0 Å². The molecule has 6 nitrogen and oxygen atoms in total. The summed E-state index contributed by atoms with van der Waals surface area (Å²) in [5, 5.41) is 2.89. The number of carbonyl (C=O) groups excluding carboxylic acids is 2. The van der Waals surface area contributed by atoms with E-state index in [0.717, 1.165) is 50.1 Å². The van der Waals surface area contributed by atoms with Gasteiger partial charge in [-0.3, -0.25) is 14.5 Å². The molecule has 0 aromatic heterocycles. The number of carbonyl (C=O) groups is 2. The van der Waals surface area contributed by atoms with Gasteiger partial charge in [-0.1, -0.05) is 24.3 Å². The van der Waals surface area contributed by atoms with Crippen LogP contribution in [0.2, 0.25) is 0 Å². The molecule has 1 saturated carbocycles. The second-order valence-corrected chi connectivity index (χ2v) is 9.53. The summed E-state index contributed by atoms with van der Waals surface area (Å²) in [6.45, 7) is 3.18. The van der Waals surface area contributed by atoms with Crippen molar-refractivity contribution in [1.29, 1.82) is 0 Å². The minimum absolute atomic E-state index is 0.0331. The summed E-state index contributed by atoms with van der Waals surface area (Å²) >= 11 is 0. The van der Waals surface area contributed by atoms with Crippen LogP contribution >= 0.6 is 0 Å². The van der Waals surface area contributed by atoms with Crippen LogP contribution in [-0.4, -0.2) is 46.3 Å². The van der Waals surface area contributed by atoms with E-state index in [2.05, 4.69) is 34.5 Å². The Hall–Kier alpha value is -2.86. The summed E-state index contributed by atoms with van der Waals surface area (Å²) in [7, 11) is 0. The smallest absolute Gasteiger partial charge is 0.255 e. The van der Waals surface area contributed by atoms with Gasteiger partial charge in [0.1, 0.15) is 17.9 Å². The second-order valence-electron chi connectivity index (χ2n) is 9.53. The molecule has 32 heavy (non-hydrogen) atoms. The molecular formula is C26H29N3O3. The van der Waals surface area contributed by atoms with Gasteiger partial charge in [0, 0.05) is 37.8 Å². The Morgan fingerprint density at radius 2 is 1.69 bits per heavy atom. The maximum Gasteiger partial charge on any atom is 0.255 e. The number of piperidine rings is 1. The number of benzene rings is 2. The van der Waals surface area contributed by atoms with Crippen LogP contribution in [0.4, 0.5) is 0 Å². The first-order valence-electron chi connectivity index (χ1n) is 11.9. The van der Waals surface area contributed by atoms with Crippen LogP contribution < -0.4 is 10.1 Å². The summed E-state index contributed by atoms with van der Waals surface area (Å²) in [6, 6.07) is 14.6. The van der Waals surface area contributed by atoms with Crippen molar-refractivity contribution in [3.05, 3.63) is 64.7 Å². The lowest BCUT2D eigenvalue weighted by Crippen LogP contribution is -2.50. The molecular weight excluding hydrogens is 402 g/mol. The van der Waals surface area contributed by atoms with E-state index in [1.807, 2.05) is 18.2 Å². The average molecular weight is 432 g/mol. The summed E-state index contributed by atoms with van der Waals surface area (Å²) in [6.07, 6.45) is 5.20. The van der Waals surface area contributed by atoms with Gasteiger partial charge in [0.05, 0.1) is 0 Å². The monoisotopic (exact) mass is 431 g/mol. The number of ether oxygens (including phenoxy) is 1. The minimum atomic E-state index is -0.357. The van der Waals surface area contributed by atoms with E-state index in [9.17, 15) is 9.59 Å². The fraction of sp³-hybridized carbons (Fsp3) is 0.462. The van der Waals surface area contributed by atoms with Crippen LogP contribution in [0.5, 0.6) is 5.75 Å². The SMILES string of the molecule is O=C1NCCCC1N1Cc2cc(OC3CCCC3N3Cc4ccccc4C3)ccc2C1=O. The van der Waals surface area contributed by atoms with Gasteiger partial charge in [-0.15, -0.1) is 0 Å². The highest BCUT2D eigenvalue weighted by Gasteiger charge is 2.39. The largest absolute Gasteiger partial charge is 0.489 e. The lowest BCUT2D eigenvalue weighted by atomic mass is 10.1. The first-order valence-corrected chi connectivity index (χ1v) is 11.9. The Morgan fingerprint density at radius 3 is 2.47 bits per heavy atom. The molecule has 3 atom stereocenters. The predicted molar refractivity (Wildman–Crippen MR) is 120 cm³/mol. The highest BCUT2D eigenvalue weighted by atomic mass is 16.5. The zero-order valence-electron chi connectivity index (χ0n) is 18.3. The normalized spacial score (nSPS) is 27.4. The number of hydrogen-bond acceptors (Lipinski definition) is 4. The molecule has 166 valence electrons. The van der Waals surface area contributed by atoms with E-state index in [-0.39, 0.29) is 24.0 Å². The van der Waals surface area contributed by atoms with Crippen LogP contribution in [0, 0.1) is 0 Å². The molecule has 0 bridgehead atoms. The number of rotatable bonds is 4. The molecule has 2 fully saturated rings. The van der Waals surface area contributed by atoms with Gasteiger partial charge in [-0.05, 0) is 67.0 Å². The number of hydrogen-bond donors (Lipinski definition) is 1. The average Bonchev–Trinajstić information content (AvgIpc) is 3.51. The van der Waals surface area contributed by atoms with E-state index in [1.54, 1.807) is 4.90 Å². The molecule has 6 rings (SSSR count). The zero-order valence-corrected chi connectivity index (χ0v) is 18.3. The third-order valence-electron chi connectivity index (χ3n) is 7.58. The van der Waals surface area contributed by atoms with Gasteiger partial charge in [-0.25, -0.2) is 0 Å². The van der Waals surface area contributed by atoms with Crippen LogP contribution in [0.3, 0.4) is 0 Å². The molecule has 1 saturated heterocycles. The molecule has 3 heterocycles. The van der Waals surface area contributed by atoms with Crippen LogP contribution in [0.1, 0.15) is 59.2 Å². The van der Waals surface area contributed by atoms with Gasteiger partial charge in [0.25, 0.3) is 5.91 Å². The van der Waals surface area contributed by atoms with Crippen LogP contribution in [0.25, 0.3) is 0 Å². The molecule has 1 aliphatic carbocycles. The number of nitrogens with one attached hydrogen (secondary N) is 1. The number of fused-ring (bicyclic) bond motifs is 2. The van der Waals surface area contributed by atoms with E-state index in [4.69, 9.17) is 4.74 Å². The summed E-state index contributed by atoms with van der Waals surface area (Å²) in [5.41, 5.74) is 4.53. The molecule has 4 aliphatic rings. The van der Waals surface area contributed by atoms with Crippen molar-refractivity contribution >= 4 is 11.8 Å². The zero-order chi connectivity index (χ0) is 21.7. The lowest BCUT2D eigenvalue weighted by molar-refractivity contribution is -0.127. The van der Waals surface area contributed by atoms with Gasteiger partial charge >= 0.3 is 0 Å². The second kappa shape index (κ2) is 7.93. The maximum atomic E-state index is 12.9. The third-order valence-corrected chi connectivity index (χ3v) is 7.58. The molecule has 2 amide bonds. The summed E-state index contributed by atoms with van der Waals surface area (Å²) < 4.78 is 6.51. The highest BCUT2D eigenvalue weighted by Crippen LogP contribution is 2.35. The molecule has 0 radical (unpaired) electrons. The van der Waals surface area contributed by atoms with Crippen LogP contribution in [0.15, 0.2) is 42.5 Å². The fourth-order valence-electron chi connectivity index (χ4n) is 5.93. The fourth-order valence-corrected chi connectivity index (χ4v) is 5.93. The molecule has 3 unspecified atom stereocenters. The van der Waals surface area contributed by atoms with Crippen molar-refractivity contribution in [1.82, 2.24) is 15.1 Å². The molecule has 3 aliphatic heterocycles. The Kier molecular flexibility index (Phi) is 4.90. The van der Waals surface area contributed by atoms with Crippen molar-refractivity contribution < 1.29 is 14.3 Å². The molecule has 0 spiro atoms. The molecule has 1 N–H and O–H groups in total. The molecule has 2 aromatic carbocycles. The molecule has 6 heteroatoms. The van der Waals surface area contributed by atoms with Crippen molar-refractivity contribution in [2.24, 2.45) is 0 Å². The Morgan fingerprint density at radius 1 is 0.875 bits per heavy atom. The van der Waals surface area contributed by atoms with E-state index in [1.165, 1.54) is 17.5 Å². The third kappa shape index (κ3) is 3.37.